The fourth-order valence-corrected chi connectivity index (χ4v) is 3.57. The molecule has 0 spiro atoms. The van der Waals surface area contributed by atoms with Gasteiger partial charge >= 0.3 is 17.8 Å². The summed E-state index contributed by atoms with van der Waals surface area (Å²) in [7, 11) is 0. The Labute approximate surface area is 207 Å². The van der Waals surface area contributed by atoms with E-state index in [1.54, 1.807) is 48.2 Å². The van der Waals surface area contributed by atoms with Crippen molar-refractivity contribution in [1.82, 2.24) is 20.1 Å². The number of carbonyl (C=O) groups excluding carboxylic acids is 3. The molecule has 0 atom stereocenters. The molecule has 188 valence electrons. The minimum absolute atomic E-state index is 0.0242. The van der Waals surface area contributed by atoms with Crippen molar-refractivity contribution in [3.05, 3.63) is 54.0 Å². The van der Waals surface area contributed by atoms with Crippen molar-refractivity contribution >= 4 is 35.2 Å². The van der Waals surface area contributed by atoms with Crippen molar-refractivity contribution < 1.29 is 23.5 Å². The van der Waals surface area contributed by atoms with Gasteiger partial charge in [0.1, 0.15) is 11.6 Å². The highest BCUT2D eigenvalue weighted by molar-refractivity contribution is 6.04. The molecule has 0 saturated carbocycles. The largest absolute Gasteiger partial charge is 0.491 e. The van der Waals surface area contributed by atoms with E-state index < -0.39 is 11.8 Å². The lowest BCUT2D eigenvalue weighted by Crippen LogP contribution is -2.48. The molecule has 3 heterocycles. The van der Waals surface area contributed by atoms with E-state index in [2.05, 4.69) is 30.7 Å². The van der Waals surface area contributed by atoms with Crippen LogP contribution in [0.4, 0.5) is 17.5 Å². The zero-order valence-electron chi connectivity index (χ0n) is 20.2. The van der Waals surface area contributed by atoms with Crippen LogP contribution in [0, 0.1) is 0 Å². The number of rotatable bonds is 7. The first-order chi connectivity index (χ1) is 17.3. The lowest BCUT2D eigenvalue weighted by Gasteiger charge is -2.34. The van der Waals surface area contributed by atoms with Crippen molar-refractivity contribution in [2.24, 2.45) is 0 Å². The molecule has 12 nitrogen and oxygen atoms in total. The third-order valence-corrected chi connectivity index (χ3v) is 5.38. The van der Waals surface area contributed by atoms with Crippen LogP contribution >= 0.6 is 0 Å². The molecule has 1 fully saturated rings. The lowest BCUT2D eigenvalue weighted by molar-refractivity contribution is -0.129. The summed E-state index contributed by atoms with van der Waals surface area (Å²) >= 11 is 0. The number of pyridine rings is 1. The van der Waals surface area contributed by atoms with Crippen LogP contribution in [-0.4, -0.2) is 70.1 Å². The number of ether oxygens (including phenoxy) is 1. The number of aromatic nitrogens is 3. The molecule has 1 aliphatic rings. The SMILES string of the molecule is CC(=O)N1CCN(c2ccc(NC(=O)c3nnc(NC(=O)c4ccc(OC(C)C)cc4)o3)cn2)CC1. The van der Waals surface area contributed by atoms with Gasteiger partial charge in [-0.3, -0.25) is 19.7 Å². The topological polar surface area (TPSA) is 143 Å². The Morgan fingerprint density at radius 1 is 0.944 bits per heavy atom. The van der Waals surface area contributed by atoms with Crippen LogP contribution in [0.1, 0.15) is 41.8 Å². The molecule has 2 N–H and O–H groups in total. The molecule has 0 unspecified atom stereocenters. The number of nitrogens with zero attached hydrogens (tertiary/aromatic N) is 5. The van der Waals surface area contributed by atoms with E-state index in [-0.39, 0.29) is 23.9 Å². The highest BCUT2D eigenvalue weighted by Crippen LogP contribution is 2.18. The molecule has 0 bridgehead atoms. The summed E-state index contributed by atoms with van der Waals surface area (Å²) in [4.78, 5) is 44.6. The van der Waals surface area contributed by atoms with Gasteiger partial charge < -0.3 is 24.3 Å². The van der Waals surface area contributed by atoms with E-state index in [0.717, 1.165) is 5.82 Å². The molecule has 3 amide bonds. The first-order valence-corrected chi connectivity index (χ1v) is 11.5. The van der Waals surface area contributed by atoms with Gasteiger partial charge in [0.05, 0.1) is 18.0 Å². The monoisotopic (exact) mass is 493 g/mol. The molecule has 1 saturated heterocycles. The van der Waals surface area contributed by atoms with E-state index >= 15 is 0 Å². The second-order valence-electron chi connectivity index (χ2n) is 8.41. The second kappa shape index (κ2) is 10.8. The minimum Gasteiger partial charge on any atom is -0.491 e. The van der Waals surface area contributed by atoms with Crippen LogP contribution in [0.2, 0.25) is 0 Å². The number of hydrogen-bond donors (Lipinski definition) is 2. The van der Waals surface area contributed by atoms with Crippen molar-refractivity contribution in [1.29, 1.82) is 0 Å². The molecule has 3 aromatic rings. The fourth-order valence-electron chi connectivity index (χ4n) is 3.57. The van der Waals surface area contributed by atoms with E-state index in [1.807, 2.05) is 13.8 Å². The average molecular weight is 494 g/mol. The summed E-state index contributed by atoms with van der Waals surface area (Å²) in [5.41, 5.74) is 0.808. The zero-order valence-corrected chi connectivity index (χ0v) is 20.2. The Kier molecular flexibility index (Phi) is 7.42. The van der Waals surface area contributed by atoms with Crippen molar-refractivity contribution in [3.63, 3.8) is 0 Å². The lowest BCUT2D eigenvalue weighted by atomic mass is 10.2. The van der Waals surface area contributed by atoms with Gasteiger partial charge in [-0.15, -0.1) is 5.10 Å². The number of hydrogen-bond acceptors (Lipinski definition) is 9. The molecule has 0 radical (unpaired) electrons. The van der Waals surface area contributed by atoms with Gasteiger partial charge in [0.2, 0.25) is 5.91 Å². The van der Waals surface area contributed by atoms with Gasteiger partial charge in [-0.05, 0) is 50.2 Å². The molecular weight excluding hydrogens is 466 g/mol. The quantitative estimate of drug-likeness (QED) is 0.507. The summed E-state index contributed by atoms with van der Waals surface area (Å²) in [5.74, 6) is 0.0540. The van der Waals surface area contributed by atoms with Crippen LogP contribution < -0.4 is 20.3 Å². The summed E-state index contributed by atoms with van der Waals surface area (Å²) in [6.45, 7) is 8.04. The first kappa shape index (κ1) is 24.6. The predicted molar refractivity (Wildman–Crippen MR) is 131 cm³/mol. The van der Waals surface area contributed by atoms with Gasteiger partial charge in [0.25, 0.3) is 5.91 Å². The third kappa shape index (κ3) is 6.14. The highest BCUT2D eigenvalue weighted by Gasteiger charge is 2.20. The Balaban J connectivity index is 1.30. The highest BCUT2D eigenvalue weighted by atomic mass is 16.5. The molecule has 4 rings (SSSR count). The summed E-state index contributed by atoms with van der Waals surface area (Å²) in [6.07, 6.45) is 1.55. The van der Waals surface area contributed by atoms with Gasteiger partial charge in [0.15, 0.2) is 0 Å². The van der Waals surface area contributed by atoms with E-state index in [4.69, 9.17) is 9.15 Å². The molecule has 1 aliphatic heterocycles. The molecule has 2 aromatic heterocycles. The van der Waals surface area contributed by atoms with Gasteiger partial charge in [-0.25, -0.2) is 4.98 Å². The van der Waals surface area contributed by atoms with Crippen molar-refractivity contribution in [3.8, 4) is 5.75 Å². The maximum atomic E-state index is 12.5. The second-order valence-corrected chi connectivity index (χ2v) is 8.41. The molecule has 12 heteroatoms. The van der Waals surface area contributed by atoms with Crippen LogP contribution in [0.25, 0.3) is 0 Å². The normalized spacial score (nSPS) is 13.4. The molecule has 36 heavy (non-hydrogen) atoms. The number of carbonyl (C=O) groups is 3. The predicted octanol–water partition coefficient (Wildman–Crippen LogP) is 2.42. The van der Waals surface area contributed by atoms with Gasteiger partial charge in [-0.2, -0.15) is 0 Å². The first-order valence-electron chi connectivity index (χ1n) is 11.5. The van der Waals surface area contributed by atoms with Crippen LogP contribution in [-0.2, 0) is 4.79 Å². The van der Waals surface area contributed by atoms with Crippen LogP contribution in [0.5, 0.6) is 5.75 Å². The van der Waals surface area contributed by atoms with Crippen LogP contribution in [0.15, 0.2) is 47.0 Å². The molecular formula is C24H27N7O5. The zero-order chi connectivity index (χ0) is 25.7. The number of piperazine rings is 1. The number of benzene rings is 1. The Bertz CT molecular complexity index is 1220. The Morgan fingerprint density at radius 3 is 2.28 bits per heavy atom. The molecule has 1 aromatic carbocycles. The Hall–Kier alpha value is -4.48. The van der Waals surface area contributed by atoms with Crippen molar-refractivity contribution in [2.45, 2.75) is 26.9 Å². The van der Waals surface area contributed by atoms with E-state index in [1.165, 1.54) is 6.20 Å². The smallest absolute Gasteiger partial charge is 0.322 e. The average Bonchev–Trinajstić information content (AvgIpc) is 3.33. The Morgan fingerprint density at radius 2 is 1.67 bits per heavy atom. The summed E-state index contributed by atoms with van der Waals surface area (Å²) < 4.78 is 10.8. The summed E-state index contributed by atoms with van der Waals surface area (Å²) in [6, 6.07) is 9.89. The fraction of sp³-hybridized carbons (Fsp3) is 0.333. The maximum absolute atomic E-state index is 12.5. The van der Waals surface area contributed by atoms with Crippen LogP contribution in [0.3, 0.4) is 0 Å². The number of amides is 3. The standard InChI is InChI=1S/C24H27N7O5/c1-15(2)35-19-7-4-17(5-8-19)21(33)27-24-29-28-23(36-24)22(34)26-18-6-9-20(25-14-18)31-12-10-30(11-13-31)16(3)32/h4-9,14-15H,10-13H2,1-3H3,(H,26,34)(H,27,29,33). The van der Waals surface area contributed by atoms with Gasteiger partial charge in [0, 0.05) is 38.7 Å². The third-order valence-electron chi connectivity index (χ3n) is 5.38. The van der Waals surface area contributed by atoms with E-state index in [0.29, 0.717) is 43.2 Å². The molecule has 0 aliphatic carbocycles. The van der Waals surface area contributed by atoms with Crippen molar-refractivity contribution in [2.75, 3.05) is 41.7 Å². The number of anilines is 3. The number of nitrogens with one attached hydrogen (secondary N) is 2. The minimum atomic E-state index is -0.636. The van der Waals surface area contributed by atoms with E-state index in [9.17, 15) is 14.4 Å². The maximum Gasteiger partial charge on any atom is 0.322 e. The van der Waals surface area contributed by atoms with Gasteiger partial charge in [-0.1, -0.05) is 5.10 Å². The summed E-state index contributed by atoms with van der Waals surface area (Å²) in [5, 5.41) is 12.5.